The topological polar surface area (TPSA) is 77.5 Å². The molecule has 0 aliphatic heterocycles. The highest BCUT2D eigenvalue weighted by atomic mass is 79.9. The molecule has 0 saturated carbocycles. The molecular weight excluding hydrogens is 270 g/mol. The summed E-state index contributed by atoms with van der Waals surface area (Å²) < 4.78 is 24.4. The zero-order chi connectivity index (χ0) is 10.3. The molecule has 14 heavy (non-hydrogen) atoms. The number of rotatable bonds is 1. The number of aromatic nitrogens is 2. The average molecular weight is 276 g/mol. The Kier molecular flexibility index (Phi) is 2.09. The standard InChI is InChI=1S/C7H6BrN3O2S/c8-5-2-1-3-11-6(14(9,12)13)4-10-7(5)11/h1-4H,(H2,9,12,13). The van der Waals surface area contributed by atoms with Gasteiger partial charge in [0.1, 0.15) is 0 Å². The predicted octanol–water partition coefficient (Wildman–Crippen LogP) is 0.744. The normalized spacial score (nSPS) is 12.1. The summed E-state index contributed by atoms with van der Waals surface area (Å²) >= 11 is 3.26. The molecular formula is C7H6BrN3O2S. The summed E-state index contributed by atoms with van der Waals surface area (Å²) in [5.41, 5.74) is 0.525. The smallest absolute Gasteiger partial charge is 0.255 e. The van der Waals surface area contributed by atoms with Gasteiger partial charge in [0.05, 0.1) is 10.7 Å². The number of fused-ring (bicyclic) bond motifs is 1. The van der Waals surface area contributed by atoms with E-state index < -0.39 is 10.0 Å². The highest BCUT2D eigenvalue weighted by Gasteiger charge is 2.14. The summed E-state index contributed by atoms with van der Waals surface area (Å²) in [6, 6.07) is 3.47. The van der Waals surface area contributed by atoms with E-state index in [0.29, 0.717) is 5.65 Å². The fourth-order valence-electron chi connectivity index (χ4n) is 1.16. The van der Waals surface area contributed by atoms with Crippen LogP contribution in [0.1, 0.15) is 0 Å². The van der Waals surface area contributed by atoms with Gasteiger partial charge in [-0.1, -0.05) is 0 Å². The van der Waals surface area contributed by atoms with Gasteiger partial charge in [-0.25, -0.2) is 18.5 Å². The quantitative estimate of drug-likeness (QED) is 0.834. The molecule has 2 aromatic rings. The van der Waals surface area contributed by atoms with Crippen LogP contribution in [0.3, 0.4) is 0 Å². The molecule has 2 heterocycles. The van der Waals surface area contributed by atoms with Crippen LogP contribution in [-0.2, 0) is 10.0 Å². The Morgan fingerprint density at radius 1 is 1.50 bits per heavy atom. The largest absolute Gasteiger partial charge is 0.289 e. The van der Waals surface area contributed by atoms with Crippen LogP contribution in [0.2, 0.25) is 0 Å². The van der Waals surface area contributed by atoms with Gasteiger partial charge in [0, 0.05) is 6.20 Å². The van der Waals surface area contributed by atoms with Gasteiger partial charge in [-0.15, -0.1) is 0 Å². The van der Waals surface area contributed by atoms with Gasteiger partial charge >= 0.3 is 0 Å². The van der Waals surface area contributed by atoms with Crippen LogP contribution >= 0.6 is 15.9 Å². The van der Waals surface area contributed by atoms with Gasteiger partial charge in [-0.05, 0) is 28.1 Å². The summed E-state index contributed by atoms with van der Waals surface area (Å²) in [7, 11) is -3.72. The van der Waals surface area contributed by atoms with E-state index in [1.165, 1.54) is 10.6 Å². The number of pyridine rings is 1. The van der Waals surface area contributed by atoms with Crippen molar-refractivity contribution in [3.05, 3.63) is 29.0 Å². The van der Waals surface area contributed by atoms with Crippen molar-refractivity contribution < 1.29 is 8.42 Å². The van der Waals surface area contributed by atoms with Crippen molar-refractivity contribution in [2.45, 2.75) is 5.03 Å². The first kappa shape index (κ1) is 9.63. The Morgan fingerprint density at radius 2 is 2.21 bits per heavy atom. The van der Waals surface area contributed by atoms with E-state index >= 15 is 0 Å². The lowest BCUT2D eigenvalue weighted by Gasteiger charge is -1.98. The van der Waals surface area contributed by atoms with E-state index in [1.54, 1.807) is 18.3 Å². The molecule has 2 N–H and O–H groups in total. The van der Waals surface area contributed by atoms with Crippen molar-refractivity contribution in [3.63, 3.8) is 0 Å². The molecule has 7 heteroatoms. The number of primary sulfonamides is 1. The maximum Gasteiger partial charge on any atom is 0.255 e. The zero-order valence-corrected chi connectivity index (χ0v) is 9.29. The van der Waals surface area contributed by atoms with E-state index in [4.69, 9.17) is 5.14 Å². The highest BCUT2D eigenvalue weighted by Crippen LogP contribution is 2.19. The number of hydrogen-bond acceptors (Lipinski definition) is 3. The summed E-state index contributed by atoms with van der Waals surface area (Å²) in [6.45, 7) is 0. The molecule has 74 valence electrons. The molecule has 2 rings (SSSR count). The first-order valence-electron chi connectivity index (χ1n) is 3.64. The van der Waals surface area contributed by atoms with Crippen molar-refractivity contribution in [1.29, 1.82) is 0 Å². The lowest BCUT2D eigenvalue weighted by Crippen LogP contribution is -2.14. The van der Waals surface area contributed by atoms with E-state index in [9.17, 15) is 8.42 Å². The maximum atomic E-state index is 11.1. The zero-order valence-electron chi connectivity index (χ0n) is 6.88. The van der Waals surface area contributed by atoms with Crippen LogP contribution in [0, 0.1) is 0 Å². The molecule has 0 unspecified atom stereocenters. The Labute approximate surface area is 88.7 Å². The van der Waals surface area contributed by atoms with E-state index in [-0.39, 0.29) is 5.03 Å². The summed E-state index contributed by atoms with van der Waals surface area (Å²) in [5, 5.41) is 4.99. The van der Waals surface area contributed by atoms with Crippen LogP contribution in [0.5, 0.6) is 0 Å². The SMILES string of the molecule is NS(=O)(=O)c1cnc2c(Br)cccn12. The van der Waals surface area contributed by atoms with Gasteiger partial charge < -0.3 is 0 Å². The molecule has 0 radical (unpaired) electrons. The number of halogens is 1. The second-order valence-corrected chi connectivity index (χ2v) is 5.05. The summed E-state index contributed by atoms with van der Waals surface area (Å²) in [4.78, 5) is 3.94. The molecule has 0 atom stereocenters. The second kappa shape index (κ2) is 3.04. The Hall–Kier alpha value is -0.920. The van der Waals surface area contributed by atoms with Crippen molar-refractivity contribution in [1.82, 2.24) is 9.38 Å². The minimum absolute atomic E-state index is 0.0196. The van der Waals surface area contributed by atoms with E-state index in [0.717, 1.165) is 4.47 Å². The molecule has 0 aromatic carbocycles. The van der Waals surface area contributed by atoms with Crippen molar-refractivity contribution in [3.8, 4) is 0 Å². The van der Waals surface area contributed by atoms with Gasteiger partial charge in [-0.2, -0.15) is 0 Å². The molecule has 0 bridgehead atoms. The number of nitrogens with two attached hydrogens (primary N) is 1. The molecule has 0 aliphatic carbocycles. The second-order valence-electron chi connectivity index (χ2n) is 2.69. The Balaban J connectivity index is 2.90. The van der Waals surface area contributed by atoms with Gasteiger partial charge in [0.15, 0.2) is 10.7 Å². The molecule has 0 aliphatic rings. The molecule has 0 amide bonds. The van der Waals surface area contributed by atoms with Gasteiger partial charge in [0.2, 0.25) is 0 Å². The average Bonchev–Trinajstić information content (AvgIpc) is 2.47. The highest BCUT2D eigenvalue weighted by molar-refractivity contribution is 9.10. The minimum Gasteiger partial charge on any atom is -0.289 e. The third kappa shape index (κ3) is 1.43. The number of sulfonamides is 1. The lowest BCUT2D eigenvalue weighted by molar-refractivity contribution is 0.593. The van der Waals surface area contributed by atoms with E-state index in [1.807, 2.05) is 0 Å². The fraction of sp³-hybridized carbons (Fsp3) is 0. The lowest BCUT2D eigenvalue weighted by atomic mass is 10.5. The third-order valence-corrected chi connectivity index (χ3v) is 3.25. The third-order valence-electron chi connectivity index (χ3n) is 1.75. The van der Waals surface area contributed by atoms with E-state index in [2.05, 4.69) is 20.9 Å². The first-order chi connectivity index (χ1) is 6.50. The number of nitrogens with zero attached hydrogens (tertiary/aromatic N) is 2. The van der Waals surface area contributed by atoms with Gasteiger partial charge in [0.25, 0.3) is 10.0 Å². The summed E-state index contributed by atoms with van der Waals surface area (Å²) in [5.74, 6) is 0. The van der Waals surface area contributed by atoms with Crippen molar-refractivity contribution in [2.24, 2.45) is 5.14 Å². The van der Waals surface area contributed by atoms with Crippen LogP contribution in [0.4, 0.5) is 0 Å². The first-order valence-corrected chi connectivity index (χ1v) is 5.98. The maximum absolute atomic E-state index is 11.1. The predicted molar refractivity (Wildman–Crippen MR) is 54.3 cm³/mol. The molecule has 0 saturated heterocycles. The molecule has 2 aromatic heterocycles. The summed E-state index contributed by atoms with van der Waals surface area (Å²) in [6.07, 6.45) is 2.82. The van der Waals surface area contributed by atoms with Crippen molar-refractivity contribution >= 4 is 31.6 Å². The monoisotopic (exact) mass is 275 g/mol. The minimum atomic E-state index is -3.72. The van der Waals surface area contributed by atoms with Crippen LogP contribution < -0.4 is 5.14 Å². The fourth-order valence-corrected chi connectivity index (χ4v) is 2.23. The molecule has 0 spiro atoms. The number of imidazole rings is 1. The van der Waals surface area contributed by atoms with Crippen LogP contribution in [-0.4, -0.2) is 17.8 Å². The van der Waals surface area contributed by atoms with Crippen LogP contribution in [0.15, 0.2) is 34.0 Å². The van der Waals surface area contributed by atoms with Gasteiger partial charge in [-0.3, -0.25) is 4.40 Å². The molecule has 0 fully saturated rings. The Morgan fingerprint density at radius 3 is 2.86 bits per heavy atom. The van der Waals surface area contributed by atoms with Crippen LogP contribution in [0.25, 0.3) is 5.65 Å². The molecule has 5 nitrogen and oxygen atoms in total. The number of hydrogen-bond donors (Lipinski definition) is 1. The van der Waals surface area contributed by atoms with Crippen molar-refractivity contribution in [2.75, 3.05) is 0 Å². The Bertz CT molecular complexity index is 590.